The number of amides is 1. The van der Waals surface area contributed by atoms with Gasteiger partial charge in [-0.05, 0) is 18.6 Å². The molecule has 0 saturated carbocycles. The zero-order valence-electron chi connectivity index (χ0n) is 10.9. The van der Waals surface area contributed by atoms with E-state index in [-0.39, 0.29) is 5.91 Å². The van der Waals surface area contributed by atoms with Gasteiger partial charge in [-0.25, -0.2) is 0 Å². The van der Waals surface area contributed by atoms with Gasteiger partial charge in [0.15, 0.2) is 0 Å². The molecule has 0 radical (unpaired) electrons. The molecule has 1 aromatic carbocycles. The molecule has 1 heterocycles. The maximum Gasteiger partial charge on any atom is 0.222 e. The van der Waals surface area contributed by atoms with E-state index >= 15 is 0 Å². The number of nitrogens with zero attached hydrogens (tertiary/aromatic N) is 1. The summed E-state index contributed by atoms with van der Waals surface area (Å²) in [4.78, 5) is 13.2. The van der Waals surface area contributed by atoms with Crippen molar-refractivity contribution in [1.29, 1.82) is 0 Å². The van der Waals surface area contributed by atoms with Gasteiger partial charge >= 0.3 is 0 Å². The minimum atomic E-state index is -0.471. The molecule has 1 atom stereocenters. The summed E-state index contributed by atoms with van der Waals surface area (Å²) in [5.74, 6) is 0.161. The fraction of sp³-hybridized carbons (Fsp3) is 0.500. The predicted octanol–water partition coefficient (Wildman–Crippen LogP) is 0.387. The van der Waals surface area contributed by atoms with Crippen molar-refractivity contribution in [2.75, 3.05) is 19.6 Å². The molecule has 1 saturated heterocycles. The van der Waals surface area contributed by atoms with Crippen LogP contribution in [0.2, 0.25) is 5.02 Å². The first-order chi connectivity index (χ1) is 9.15. The number of nitrogens with two attached hydrogens (primary N) is 1. The molecule has 104 valence electrons. The largest absolute Gasteiger partial charge is 0.385 e. The number of carbonyl (C=O) groups is 1. The average molecular weight is 284 g/mol. The smallest absolute Gasteiger partial charge is 0.222 e. The van der Waals surface area contributed by atoms with E-state index in [1.807, 2.05) is 29.6 Å². The maximum absolute atomic E-state index is 11.4. The summed E-state index contributed by atoms with van der Waals surface area (Å²) >= 11 is 5.91. The van der Waals surface area contributed by atoms with Crippen molar-refractivity contribution in [2.45, 2.75) is 25.5 Å². The predicted molar refractivity (Wildman–Crippen MR) is 73.8 cm³/mol. The van der Waals surface area contributed by atoms with Crippen LogP contribution >= 0.6 is 11.6 Å². The fourth-order valence-electron chi connectivity index (χ4n) is 2.33. The van der Waals surface area contributed by atoms with Crippen molar-refractivity contribution >= 4 is 17.5 Å². The van der Waals surface area contributed by atoms with Crippen LogP contribution in [0.25, 0.3) is 0 Å². The molecule has 4 nitrogen and oxygen atoms in total. The Balaban J connectivity index is 1.69. The van der Waals surface area contributed by atoms with Crippen molar-refractivity contribution in [3.63, 3.8) is 0 Å². The summed E-state index contributed by atoms with van der Waals surface area (Å²) in [5, 5.41) is 12.7. The summed E-state index contributed by atoms with van der Waals surface area (Å²) in [7, 11) is 0. The maximum atomic E-state index is 11.4. The standard InChI is InChI=1S/C14H19ClN2O2/c15-12-4-1-3-11(7-12)8-16-9-13(18)10-17-6-2-5-14(17)19/h1,3-4,7,13,16,18H,2,5-6,8-10H2/p+1/t13-/m0/s1. The highest BCUT2D eigenvalue weighted by Crippen LogP contribution is 2.10. The Morgan fingerprint density at radius 3 is 3.00 bits per heavy atom. The molecule has 0 aromatic heterocycles. The molecule has 1 fully saturated rings. The van der Waals surface area contributed by atoms with Gasteiger partial charge in [-0.2, -0.15) is 0 Å². The lowest BCUT2D eigenvalue weighted by Gasteiger charge is -2.18. The molecular weight excluding hydrogens is 264 g/mol. The number of β-amino-alcohol motifs (C(OH)–C–C–N with tert-alkyl or cyclic N) is 1. The molecule has 5 heteroatoms. The molecule has 0 unspecified atom stereocenters. The molecule has 3 N–H and O–H groups in total. The number of carbonyl (C=O) groups excluding carboxylic acids is 1. The molecule has 0 bridgehead atoms. The van der Waals surface area contributed by atoms with Gasteiger partial charge in [0.2, 0.25) is 5.91 Å². The third-order valence-electron chi connectivity index (χ3n) is 3.31. The number of rotatable bonds is 6. The zero-order valence-corrected chi connectivity index (χ0v) is 11.6. The molecule has 1 aromatic rings. The number of hydrogen-bond acceptors (Lipinski definition) is 2. The summed E-state index contributed by atoms with van der Waals surface area (Å²) < 4.78 is 0. The SMILES string of the molecule is O=C1CCCN1C[C@@H](O)C[NH2+]Cc1cccc(Cl)c1. The van der Waals surface area contributed by atoms with Crippen molar-refractivity contribution in [3.8, 4) is 0 Å². The van der Waals surface area contributed by atoms with Crippen LogP contribution in [0.4, 0.5) is 0 Å². The lowest BCUT2D eigenvalue weighted by Crippen LogP contribution is -2.85. The van der Waals surface area contributed by atoms with Gasteiger partial charge in [0.1, 0.15) is 19.2 Å². The third kappa shape index (κ3) is 4.49. The second-order valence-electron chi connectivity index (χ2n) is 4.96. The van der Waals surface area contributed by atoms with Crippen molar-refractivity contribution in [2.24, 2.45) is 0 Å². The lowest BCUT2D eigenvalue weighted by molar-refractivity contribution is -0.676. The summed E-state index contributed by atoms with van der Waals surface area (Å²) in [6.07, 6.45) is 1.07. The first-order valence-corrected chi connectivity index (χ1v) is 7.05. The fourth-order valence-corrected chi connectivity index (χ4v) is 2.55. The van der Waals surface area contributed by atoms with Gasteiger partial charge in [0.25, 0.3) is 0 Å². The molecule has 1 aliphatic heterocycles. The zero-order chi connectivity index (χ0) is 13.7. The number of quaternary nitrogens is 1. The number of aliphatic hydroxyl groups excluding tert-OH is 1. The molecule has 2 rings (SSSR count). The Labute approximate surface area is 118 Å². The van der Waals surface area contributed by atoms with E-state index in [2.05, 4.69) is 0 Å². The molecular formula is C14H20ClN2O2+. The molecule has 0 aliphatic carbocycles. The van der Waals surface area contributed by atoms with Crippen LogP contribution in [0.5, 0.6) is 0 Å². The first kappa shape index (κ1) is 14.3. The van der Waals surface area contributed by atoms with Gasteiger partial charge in [-0.15, -0.1) is 0 Å². The monoisotopic (exact) mass is 283 g/mol. The van der Waals surface area contributed by atoms with E-state index in [1.54, 1.807) is 4.90 Å². The van der Waals surface area contributed by atoms with Gasteiger partial charge in [-0.1, -0.05) is 23.7 Å². The van der Waals surface area contributed by atoms with E-state index in [9.17, 15) is 9.90 Å². The summed E-state index contributed by atoms with van der Waals surface area (Å²) in [6.45, 7) is 2.61. The van der Waals surface area contributed by atoms with Gasteiger partial charge in [0.05, 0.1) is 6.54 Å². The van der Waals surface area contributed by atoms with Crippen LogP contribution in [0.15, 0.2) is 24.3 Å². The quantitative estimate of drug-likeness (QED) is 0.793. The van der Waals surface area contributed by atoms with Crippen LogP contribution in [0.1, 0.15) is 18.4 Å². The number of halogens is 1. The Bertz CT molecular complexity index is 439. The van der Waals surface area contributed by atoms with Crippen LogP contribution in [0, 0.1) is 0 Å². The Hall–Kier alpha value is -1.10. The number of benzene rings is 1. The van der Waals surface area contributed by atoms with Crippen LogP contribution in [0.3, 0.4) is 0 Å². The van der Waals surface area contributed by atoms with Crippen molar-refractivity contribution in [3.05, 3.63) is 34.9 Å². The molecule has 1 aliphatic rings. The van der Waals surface area contributed by atoms with E-state index in [0.29, 0.717) is 19.5 Å². The van der Waals surface area contributed by atoms with Gasteiger partial charge in [-0.3, -0.25) is 4.79 Å². The van der Waals surface area contributed by atoms with Crippen LogP contribution in [-0.4, -0.2) is 41.7 Å². The third-order valence-corrected chi connectivity index (χ3v) is 3.55. The lowest BCUT2D eigenvalue weighted by atomic mass is 10.2. The highest BCUT2D eigenvalue weighted by Gasteiger charge is 2.22. The Morgan fingerprint density at radius 1 is 1.47 bits per heavy atom. The van der Waals surface area contributed by atoms with Crippen molar-refractivity contribution < 1.29 is 15.2 Å². The minimum Gasteiger partial charge on any atom is -0.385 e. The van der Waals surface area contributed by atoms with E-state index in [1.165, 1.54) is 0 Å². The van der Waals surface area contributed by atoms with Crippen LogP contribution in [-0.2, 0) is 11.3 Å². The molecule has 0 spiro atoms. The Kier molecular flexibility index (Phi) is 5.19. The highest BCUT2D eigenvalue weighted by molar-refractivity contribution is 6.30. The molecule has 19 heavy (non-hydrogen) atoms. The average Bonchev–Trinajstić information content (AvgIpc) is 2.75. The van der Waals surface area contributed by atoms with Crippen molar-refractivity contribution in [1.82, 2.24) is 4.90 Å². The highest BCUT2D eigenvalue weighted by atomic mass is 35.5. The first-order valence-electron chi connectivity index (χ1n) is 6.67. The second-order valence-corrected chi connectivity index (χ2v) is 5.39. The minimum absolute atomic E-state index is 0.161. The van der Waals surface area contributed by atoms with E-state index in [0.717, 1.165) is 30.1 Å². The molecule has 1 amide bonds. The number of aliphatic hydroxyl groups is 1. The number of hydrogen-bond donors (Lipinski definition) is 2. The van der Waals surface area contributed by atoms with Gasteiger partial charge < -0.3 is 15.3 Å². The second kappa shape index (κ2) is 6.89. The van der Waals surface area contributed by atoms with Crippen LogP contribution < -0.4 is 5.32 Å². The van der Waals surface area contributed by atoms with Gasteiger partial charge in [0, 0.05) is 23.6 Å². The normalized spacial score (nSPS) is 16.9. The summed E-state index contributed by atoms with van der Waals surface area (Å²) in [6, 6.07) is 7.71. The topological polar surface area (TPSA) is 57.2 Å². The number of likely N-dealkylation sites (tertiary alicyclic amines) is 1. The summed E-state index contributed by atoms with van der Waals surface area (Å²) in [5.41, 5.74) is 1.14. The Morgan fingerprint density at radius 2 is 2.32 bits per heavy atom. The van der Waals surface area contributed by atoms with E-state index < -0.39 is 6.10 Å². The van der Waals surface area contributed by atoms with E-state index in [4.69, 9.17) is 11.6 Å².